The zero-order valence-electron chi connectivity index (χ0n) is 11.8. The topological polar surface area (TPSA) is 52.0 Å². The summed E-state index contributed by atoms with van der Waals surface area (Å²) in [6, 6.07) is 5.88. The second-order valence-electron chi connectivity index (χ2n) is 4.86. The summed E-state index contributed by atoms with van der Waals surface area (Å²) in [5.74, 6) is -0.262. The van der Waals surface area contributed by atoms with Gasteiger partial charge in [0.1, 0.15) is 18.8 Å². The summed E-state index contributed by atoms with van der Waals surface area (Å²) in [7, 11) is 0. The number of benzene rings is 1. The maximum Gasteiger partial charge on any atom is 0.387 e. The number of ether oxygens (including phenoxy) is 2. The summed E-state index contributed by atoms with van der Waals surface area (Å²) in [4.78, 5) is 13.4. The van der Waals surface area contributed by atoms with Crippen LogP contribution in [0.3, 0.4) is 0 Å². The van der Waals surface area contributed by atoms with Gasteiger partial charge in [0.15, 0.2) is 6.04 Å². The van der Waals surface area contributed by atoms with Crippen molar-refractivity contribution < 1.29 is 27.9 Å². The number of para-hydroxylation sites is 2. The molecule has 0 aliphatic carbocycles. The fourth-order valence-corrected chi connectivity index (χ4v) is 2.26. The highest BCUT2D eigenvalue weighted by atomic mass is 19.3. The van der Waals surface area contributed by atoms with Gasteiger partial charge in [0.05, 0.1) is 18.9 Å². The number of carbonyl (C=O) groups is 1. The van der Waals surface area contributed by atoms with Crippen molar-refractivity contribution >= 4 is 11.6 Å². The van der Waals surface area contributed by atoms with E-state index in [4.69, 9.17) is 4.74 Å². The highest BCUT2D eigenvalue weighted by Gasteiger charge is 2.27. The molecule has 1 atom stereocenters. The van der Waals surface area contributed by atoms with Crippen LogP contribution in [-0.2, 0) is 9.53 Å². The molecule has 0 radical (unpaired) electrons. The molecule has 1 aromatic carbocycles. The Balaban J connectivity index is 2.01. The summed E-state index contributed by atoms with van der Waals surface area (Å²) < 4.78 is 34.3. The molecular formula is C14H19F2N2O3+. The first-order chi connectivity index (χ1) is 10.1. The molecule has 1 heterocycles. The van der Waals surface area contributed by atoms with E-state index in [0.29, 0.717) is 13.2 Å². The number of nitrogens with one attached hydrogen (secondary N) is 2. The minimum Gasteiger partial charge on any atom is -0.433 e. The van der Waals surface area contributed by atoms with Crippen LogP contribution in [0.1, 0.15) is 6.92 Å². The summed E-state index contributed by atoms with van der Waals surface area (Å²) in [5.41, 5.74) is 0.252. The van der Waals surface area contributed by atoms with Gasteiger partial charge in [-0.1, -0.05) is 12.1 Å². The Labute approximate surface area is 121 Å². The van der Waals surface area contributed by atoms with Gasteiger partial charge >= 0.3 is 6.61 Å². The first kappa shape index (κ1) is 15.7. The smallest absolute Gasteiger partial charge is 0.387 e. The van der Waals surface area contributed by atoms with Gasteiger partial charge in [-0.25, -0.2) is 0 Å². The van der Waals surface area contributed by atoms with Crippen LogP contribution < -0.4 is 15.0 Å². The molecule has 1 aromatic rings. The first-order valence-electron chi connectivity index (χ1n) is 6.85. The van der Waals surface area contributed by atoms with Crippen LogP contribution in [0, 0.1) is 0 Å². The van der Waals surface area contributed by atoms with Crippen LogP contribution in [0.25, 0.3) is 0 Å². The van der Waals surface area contributed by atoms with E-state index in [1.54, 1.807) is 12.1 Å². The molecule has 0 saturated carbocycles. The third-order valence-electron chi connectivity index (χ3n) is 3.50. The Morgan fingerprint density at radius 2 is 2.00 bits per heavy atom. The zero-order chi connectivity index (χ0) is 15.2. The molecular weight excluding hydrogens is 282 g/mol. The third kappa shape index (κ3) is 4.37. The number of halogens is 2. The maximum absolute atomic E-state index is 12.3. The van der Waals surface area contributed by atoms with Crippen LogP contribution in [0.15, 0.2) is 24.3 Å². The molecule has 1 amide bonds. The largest absolute Gasteiger partial charge is 0.433 e. The Morgan fingerprint density at radius 1 is 1.33 bits per heavy atom. The average Bonchev–Trinajstić information content (AvgIpc) is 2.49. The number of anilines is 1. The molecule has 2 N–H and O–H groups in total. The van der Waals surface area contributed by atoms with Crippen molar-refractivity contribution in [2.24, 2.45) is 0 Å². The lowest BCUT2D eigenvalue weighted by Crippen LogP contribution is -3.18. The molecule has 1 fully saturated rings. The van der Waals surface area contributed by atoms with Gasteiger partial charge in [-0.15, -0.1) is 0 Å². The first-order valence-corrected chi connectivity index (χ1v) is 6.85. The fraction of sp³-hybridized carbons (Fsp3) is 0.500. The number of rotatable bonds is 5. The Hall–Kier alpha value is -1.73. The highest BCUT2D eigenvalue weighted by Crippen LogP contribution is 2.25. The van der Waals surface area contributed by atoms with E-state index in [0.717, 1.165) is 18.0 Å². The van der Waals surface area contributed by atoms with Crippen molar-refractivity contribution in [1.29, 1.82) is 0 Å². The van der Waals surface area contributed by atoms with Crippen molar-refractivity contribution in [2.75, 3.05) is 31.6 Å². The zero-order valence-corrected chi connectivity index (χ0v) is 11.8. The van der Waals surface area contributed by atoms with E-state index in [1.165, 1.54) is 12.1 Å². The number of amides is 1. The molecule has 0 unspecified atom stereocenters. The van der Waals surface area contributed by atoms with E-state index in [1.807, 2.05) is 6.92 Å². The Morgan fingerprint density at radius 3 is 2.67 bits per heavy atom. The van der Waals surface area contributed by atoms with Gasteiger partial charge in [0.25, 0.3) is 5.91 Å². The van der Waals surface area contributed by atoms with Crippen molar-refractivity contribution in [2.45, 2.75) is 19.6 Å². The van der Waals surface area contributed by atoms with Crippen molar-refractivity contribution in [3.63, 3.8) is 0 Å². The molecule has 0 spiro atoms. The number of quaternary nitrogens is 1. The summed E-state index contributed by atoms with van der Waals surface area (Å²) in [6.45, 7) is 1.64. The van der Waals surface area contributed by atoms with Crippen LogP contribution in [0.2, 0.25) is 0 Å². The number of carbonyl (C=O) groups excluding carboxylic acids is 1. The van der Waals surface area contributed by atoms with Crippen molar-refractivity contribution in [1.82, 2.24) is 0 Å². The normalized spacial score (nSPS) is 17.5. The molecule has 0 bridgehead atoms. The van der Waals surface area contributed by atoms with Crippen LogP contribution in [-0.4, -0.2) is 44.9 Å². The summed E-state index contributed by atoms with van der Waals surface area (Å²) >= 11 is 0. The lowest BCUT2D eigenvalue weighted by atomic mass is 10.2. The number of morpholine rings is 1. The van der Waals surface area contributed by atoms with Gasteiger partial charge in [0, 0.05) is 0 Å². The molecule has 2 rings (SSSR count). The number of hydrogen-bond donors (Lipinski definition) is 2. The predicted octanol–water partition coefficient (Wildman–Crippen LogP) is 0.530. The van der Waals surface area contributed by atoms with E-state index in [-0.39, 0.29) is 23.4 Å². The molecule has 1 saturated heterocycles. The number of alkyl halides is 2. The molecule has 1 aliphatic heterocycles. The van der Waals surface area contributed by atoms with Crippen LogP contribution in [0.5, 0.6) is 5.75 Å². The quantitative estimate of drug-likeness (QED) is 0.834. The van der Waals surface area contributed by atoms with Gasteiger partial charge in [-0.05, 0) is 19.1 Å². The summed E-state index contributed by atoms with van der Waals surface area (Å²) in [6.07, 6.45) is 0. The second-order valence-corrected chi connectivity index (χ2v) is 4.86. The van der Waals surface area contributed by atoms with Crippen molar-refractivity contribution in [3.8, 4) is 5.75 Å². The molecule has 21 heavy (non-hydrogen) atoms. The predicted molar refractivity (Wildman–Crippen MR) is 72.7 cm³/mol. The molecule has 116 valence electrons. The van der Waals surface area contributed by atoms with Gasteiger partial charge in [0.2, 0.25) is 0 Å². The van der Waals surface area contributed by atoms with Gasteiger partial charge in [-0.3, -0.25) is 4.79 Å². The molecule has 5 nitrogen and oxygen atoms in total. The van der Waals surface area contributed by atoms with Gasteiger partial charge < -0.3 is 19.7 Å². The SMILES string of the molecule is C[C@H](C(=O)Nc1ccccc1OC(F)F)[NH+]1CCOCC1. The lowest BCUT2D eigenvalue weighted by Gasteiger charge is -2.28. The Kier molecular flexibility index (Phi) is 5.46. The molecule has 7 heteroatoms. The van der Waals surface area contributed by atoms with E-state index in [2.05, 4.69) is 10.1 Å². The lowest BCUT2D eigenvalue weighted by molar-refractivity contribution is -0.921. The van der Waals surface area contributed by atoms with E-state index >= 15 is 0 Å². The minimum absolute atomic E-state index is 0.0370. The molecule has 0 aromatic heterocycles. The van der Waals surface area contributed by atoms with Crippen LogP contribution in [0.4, 0.5) is 14.5 Å². The monoisotopic (exact) mass is 301 g/mol. The minimum atomic E-state index is -2.93. The Bertz CT molecular complexity index is 479. The third-order valence-corrected chi connectivity index (χ3v) is 3.50. The van der Waals surface area contributed by atoms with Crippen LogP contribution >= 0.6 is 0 Å². The fourth-order valence-electron chi connectivity index (χ4n) is 2.26. The van der Waals surface area contributed by atoms with E-state index in [9.17, 15) is 13.6 Å². The second kappa shape index (κ2) is 7.33. The average molecular weight is 301 g/mol. The standard InChI is InChI=1S/C14H18F2N2O3/c1-10(18-6-8-20-9-7-18)13(19)17-11-4-2-3-5-12(11)21-14(15)16/h2-5,10,14H,6-9H2,1H3,(H,17,19)/p+1/t10-/m1/s1. The summed E-state index contributed by atoms with van der Waals surface area (Å²) in [5, 5.41) is 2.65. The molecule has 1 aliphatic rings. The van der Waals surface area contributed by atoms with Gasteiger partial charge in [-0.2, -0.15) is 8.78 Å². The van der Waals surface area contributed by atoms with E-state index < -0.39 is 6.61 Å². The van der Waals surface area contributed by atoms with Crippen molar-refractivity contribution in [3.05, 3.63) is 24.3 Å². The number of hydrogen-bond acceptors (Lipinski definition) is 3. The maximum atomic E-state index is 12.3. The highest BCUT2D eigenvalue weighted by molar-refractivity contribution is 5.94.